The van der Waals surface area contributed by atoms with Crippen LogP contribution < -0.4 is 27.0 Å². The van der Waals surface area contributed by atoms with Crippen molar-refractivity contribution in [2.75, 3.05) is 37.2 Å². The van der Waals surface area contributed by atoms with Crippen molar-refractivity contribution < 1.29 is 0 Å². The van der Waals surface area contributed by atoms with Crippen molar-refractivity contribution in [1.82, 2.24) is 25.9 Å². The van der Waals surface area contributed by atoms with Gasteiger partial charge in [0.25, 0.3) is 0 Å². The Bertz CT molecular complexity index is 1170. The first-order chi connectivity index (χ1) is 15.5. The lowest BCUT2D eigenvalue weighted by molar-refractivity contribution is 0.942. The van der Waals surface area contributed by atoms with E-state index in [2.05, 4.69) is 57.1 Å². The number of nitrogen functional groups attached to an aromatic ring is 1. The molecule has 1 fully saturated rings. The average Bonchev–Trinajstić information content (AvgIpc) is 3.48. The maximum atomic E-state index is 5.99. The van der Waals surface area contributed by atoms with Crippen molar-refractivity contribution in [3.05, 3.63) is 51.2 Å². The van der Waals surface area contributed by atoms with Crippen molar-refractivity contribution in [2.24, 2.45) is 9.98 Å². The fraction of sp³-hybridized carbons (Fsp3) is 0.200. The normalized spacial score (nSPS) is 14.6. The average molecular weight is 537 g/mol. The van der Waals surface area contributed by atoms with Gasteiger partial charge in [-0.05, 0) is 40.2 Å². The van der Waals surface area contributed by atoms with Gasteiger partial charge in [0.1, 0.15) is 11.2 Å². The molecule has 0 atom stereocenters. The molecule has 12 heteroatoms. The number of benzene rings is 2. The van der Waals surface area contributed by atoms with E-state index < -0.39 is 0 Å². The molecule has 5 rings (SSSR count). The highest BCUT2D eigenvalue weighted by Crippen LogP contribution is 2.35. The SMILES string of the molecule is Brc1c(NC2=NCCN2)ccc2nccnc12.Nc1cc(Cl)c(N=C2NCCN2)c(Cl)c1. The lowest BCUT2D eigenvalue weighted by atomic mass is 10.2. The summed E-state index contributed by atoms with van der Waals surface area (Å²) in [5.74, 6) is 1.48. The molecule has 1 aromatic heterocycles. The van der Waals surface area contributed by atoms with E-state index in [1.807, 2.05) is 12.1 Å². The first kappa shape index (κ1) is 22.4. The molecular weight excluding hydrogens is 517 g/mol. The number of halogens is 3. The fourth-order valence-electron chi connectivity index (χ4n) is 3.02. The van der Waals surface area contributed by atoms with E-state index in [9.17, 15) is 0 Å². The third-order valence-corrected chi connectivity index (χ3v) is 5.86. The van der Waals surface area contributed by atoms with Crippen LogP contribution in [0.4, 0.5) is 17.1 Å². The van der Waals surface area contributed by atoms with Gasteiger partial charge in [-0.2, -0.15) is 0 Å². The molecule has 6 N–H and O–H groups in total. The summed E-state index contributed by atoms with van der Waals surface area (Å²) < 4.78 is 0.902. The van der Waals surface area contributed by atoms with Crippen LogP contribution in [0.1, 0.15) is 0 Å². The van der Waals surface area contributed by atoms with Gasteiger partial charge in [-0.1, -0.05) is 23.2 Å². The second kappa shape index (κ2) is 10.2. The number of nitrogens with two attached hydrogens (primary N) is 1. The Morgan fingerprint density at radius 2 is 1.72 bits per heavy atom. The van der Waals surface area contributed by atoms with Crippen molar-refractivity contribution >= 4 is 79.1 Å². The third kappa shape index (κ3) is 5.32. The van der Waals surface area contributed by atoms with Crippen LogP contribution in [0.5, 0.6) is 0 Å². The van der Waals surface area contributed by atoms with Crippen LogP contribution in [0.3, 0.4) is 0 Å². The van der Waals surface area contributed by atoms with Gasteiger partial charge >= 0.3 is 0 Å². The number of nitrogens with zero attached hydrogens (tertiary/aromatic N) is 4. The molecule has 32 heavy (non-hydrogen) atoms. The van der Waals surface area contributed by atoms with Crippen molar-refractivity contribution in [2.45, 2.75) is 0 Å². The van der Waals surface area contributed by atoms with Crippen LogP contribution in [0.2, 0.25) is 10.0 Å². The van der Waals surface area contributed by atoms with Gasteiger partial charge < -0.3 is 27.0 Å². The highest BCUT2D eigenvalue weighted by atomic mass is 79.9. The van der Waals surface area contributed by atoms with E-state index in [0.717, 1.165) is 53.3 Å². The highest BCUT2D eigenvalue weighted by molar-refractivity contribution is 9.10. The smallest absolute Gasteiger partial charge is 0.196 e. The Morgan fingerprint density at radius 1 is 1.00 bits per heavy atom. The van der Waals surface area contributed by atoms with Gasteiger partial charge in [-0.3, -0.25) is 15.0 Å². The Labute approximate surface area is 203 Å². The molecule has 3 heterocycles. The van der Waals surface area contributed by atoms with Crippen LogP contribution in [0.15, 0.2) is 51.1 Å². The molecule has 0 saturated carbocycles. The van der Waals surface area contributed by atoms with Gasteiger partial charge in [-0.25, -0.2) is 4.99 Å². The molecule has 0 radical (unpaired) electrons. The van der Waals surface area contributed by atoms with E-state index in [0.29, 0.717) is 27.4 Å². The molecule has 2 aromatic carbocycles. The lowest BCUT2D eigenvalue weighted by Gasteiger charge is -2.09. The summed E-state index contributed by atoms with van der Waals surface area (Å²) in [4.78, 5) is 17.1. The zero-order valence-electron chi connectivity index (χ0n) is 16.8. The molecule has 3 aromatic rings. The molecule has 0 amide bonds. The summed E-state index contributed by atoms with van der Waals surface area (Å²) in [6.45, 7) is 3.40. The maximum Gasteiger partial charge on any atom is 0.196 e. The lowest BCUT2D eigenvalue weighted by Crippen LogP contribution is -2.26. The molecule has 9 nitrogen and oxygen atoms in total. The molecule has 0 bridgehead atoms. The van der Waals surface area contributed by atoms with Crippen LogP contribution >= 0.6 is 39.1 Å². The summed E-state index contributed by atoms with van der Waals surface area (Å²) >= 11 is 15.5. The number of anilines is 2. The first-order valence-corrected chi connectivity index (χ1v) is 11.3. The minimum Gasteiger partial charge on any atom is -0.399 e. The van der Waals surface area contributed by atoms with Gasteiger partial charge in [-0.15, -0.1) is 0 Å². The zero-order valence-corrected chi connectivity index (χ0v) is 19.9. The molecular formula is C20H20BrCl2N9. The number of hydrogen-bond acceptors (Lipinski definition) is 7. The second-order valence-corrected chi connectivity index (χ2v) is 8.39. The second-order valence-electron chi connectivity index (χ2n) is 6.78. The van der Waals surface area contributed by atoms with Gasteiger partial charge in [0.15, 0.2) is 11.9 Å². The fourth-order valence-corrected chi connectivity index (χ4v) is 4.14. The monoisotopic (exact) mass is 535 g/mol. The Morgan fingerprint density at radius 3 is 2.41 bits per heavy atom. The van der Waals surface area contributed by atoms with E-state index in [1.165, 1.54) is 0 Å². The highest BCUT2D eigenvalue weighted by Gasteiger charge is 2.11. The first-order valence-electron chi connectivity index (χ1n) is 9.77. The topological polar surface area (TPSA) is 125 Å². The number of rotatable bonds is 2. The summed E-state index contributed by atoms with van der Waals surface area (Å²) in [5, 5.41) is 13.4. The standard InChI is InChI=1S/C11H10BrN5.C9H10Cl2N4/c12-9-7(17-11-15-5-6-16-11)1-2-8-10(9)14-4-3-13-8;10-6-3-5(12)4-7(11)8(6)15-9-13-1-2-14-9/h1-4H,5-6H2,(H2,15,16,17);3-4H,1-2,12H2,(H2,13,14,15). The predicted molar refractivity (Wildman–Crippen MR) is 135 cm³/mol. The Kier molecular flexibility index (Phi) is 7.13. The molecule has 0 spiro atoms. The third-order valence-electron chi connectivity index (χ3n) is 4.48. The summed E-state index contributed by atoms with van der Waals surface area (Å²) in [6, 6.07) is 7.15. The number of aliphatic imine (C=N–C) groups is 2. The minimum atomic E-state index is 0.447. The summed E-state index contributed by atoms with van der Waals surface area (Å²) in [7, 11) is 0. The minimum absolute atomic E-state index is 0.447. The number of fused-ring (bicyclic) bond motifs is 1. The van der Waals surface area contributed by atoms with Crippen LogP contribution in [0, 0.1) is 0 Å². The van der Waals surface area contributed by atoms with E-state index in [1.54, 1.807) is 24.5 Å². The predicted octanol–water partition coefficient (Wildman–Crippen LogP) is 3.52. The molecule has 0 aliphatic carbocycles. The van der Waals surface area contributed by atoms with Gasteiger partial charge in [0, 0.05) is 37.7 Å². The quantitative estimate of drug-likeness (QED) is 0.317. The summed E-state index contributed by atoms with van der Waals surface area (Å²) in [5.41, 5.74) is 9.30. The van der Waals surface area contributed by atoms with Crippen molar-refractivity contribution in [3.8, 4) is 0 Å². The van der Waals surface area contributed by atoms with Crippen molar-refractivity contribution in [3.63, 3.8) is 0 Å². The van der Waals surface area contributed by atoms with Gasteiger partial charge in [0.05, 0.1) is 32.3 Å². The van der Waals surface area contributed by atoms with E-state index >= 15 is 0 Å². The van der Waals surface area contributed by atoms with Crippen LogP contribution in [-0.4, -0.2) is 48.1 Å². The number of hydrogen-bond donors (Lipinski definition) is 5. The molecule has 2 aliphatic heterocycles. The molecule has 2 aliphatic rings. The molecule has 1 saturated heterocycles. The molecule has 166 valence electrons. The van der Waals surface area contributed by atoms with E-state index in [4.69, 9.17) is 28.9 Å². The summed E-state index contributed by atoms with van der Waals surface area (Å²) in [6.07, 6.45) is 3.37. The maximum absolute atomic E-state index is 5.99. The van der Waals surface area contributed by atoms with E-state index in [-0.39, 0.29) is 0 Å². The van der Waals surface area contributed by atoms with Crippen LogP contribution in [-0.2, 0) is 0 Å². The number of aromatic nitrogens is 2. The number of guanidine groups is 2. The zero-order chi connectivity index (χ0) is 22.5. The largest absolute Gasteiger partial charge is 0.399 e. The Balaban J connectivity index is 0.000000155. The number of nitrogens with one attached hydrogen (secondary N) is 4. The van der Waals surface area contributed by atoms with Crippen molar-refractivity contribution in [1.29, 1.82) is 0 Å². The Hall–Kier alpha value is -2.82. The van der Waals surface area contributed by atoms with Crippen LogP contribution in [0.25, 0.3) is 11.0 Å². The molecule has 0 unspecified atom stereocenters. The van der Waals surface area contributed by atoms with Gasteiger partial charge in [0.2, 0.25) is 0 Å².